The second-order valence-corrected chi connectivity index (χ2v) is 11.0. The molecule has 2 N–H and O–H groups in total. The Hall–Kier alpha value is -5.12. The molecule has 0 aliphatic carbocycles. The summed E-state index contributed by atoms with van der Waals surface area (Å²) in [5.74, 6) is 1.56. The molecule has 3 aromatic carbocycles. The summed E-state index contributed by atoms with van der Waals surface area (Å²) in [4.78, 5) is 19.0. The quantitative estimate of drug-likeness (QED) is 0.137. The van der Waals surface area contributed by atoms with Gasteiger partial charge in [-0.3, -0.25) is 4.79 Å². The Bertz CT molecular complexity index is 1690. The molecule has 0 saturated carbocycles. The minimum absolute atomic E-state index is 0.0574. The fraction of sp³-hybridized carbons (Fsp3) is 0.314. The number of anilines is 1. The van der Waals surface area contributed by atoms with Gasteiger partial charge in [0.1, 0.15) is 24.7 Å². The zero-order valence-corrected chi connectivity index (χ0v) is 26.2. The van der Waals surface area contributed by atoms with Crippen LogP contribution in [0.25, 0.3) is 11.3 Å². The van der Waals surface area contributed by atoms with E-state index in [2.05, 4.69) is 29.1 Å². The number of aromatic nitrogens is 3. The largest absolute Gasteiger partial charge is 0.488 e. The highest BCUT2D eigenvalue weighted by atomic mass is 16.5. The van der Waals surface area contributed by atoms with E-state index in [4.69, 9.17) is 24.3 Å². The number of ether oxygens (including phenoxy) is 2. The molecule has 2 aromatic heterocycles. The number of benzene rings is 3. The molecule has 10 nitrogen and oxygen atoms in total. The molecule has 0 fully saturated rings. The molecule has 0 spiro atoms. The minimum Gasteiger partial charge on any atom is -0.488 e. The monoisotopic (exact) mass is 609 g/mol. The van der Waals surface area contributed by atoms with Gasteiger partial charge in [0.2, 0.25) is 0 Å². The molecule has 5 aromatic rings. The van der Waals surface area contributed by atoms with Crippen molar-refractivity contribution in [1.29, 1.82) is 0 Å². The van der Waals surface area contributed by atoms with E-state index in [0.29, 0.717) is 66.3 Å². The van der Waals surface area contributed by atoms with E-state index in [-0.39, 0.29) is 11.6 Å². The maximum absolute atomic E-state index is 12.5. The highest BCUT2D eigenvalue weighted by Gasteiger charge is 2.26. The second kappa shape index (κ2) is 14.6. The molecule has 45 heavy (non-hydrogen) atoms. The van der Waals surface area contributed by atoms with Crippen LogP contribution < -0.4 is 20.1 Å². The van der Waals surface area contributed by atoms with Gasteiger partial charge < -0.3 is 29.2 Å². The highest BCUT2D eigenvalue weighted by molar-refractivity contribution is 5.94. The summed E-state index contributed by atoms with van der Waals surface area (Å²) < 4.78 is 24.1. The van der Waals surface area contributed by atoms with Crippen LogP contribution in [0.3, 0.4) is 0 Å². The molecule has 0 aliphatic heterocycles. The van der Waals surface area contributed by atoms with Crippen molar-refractivity contribution < 1.29 is 23.3 Å². The van der Waals surface area contributed by atoms with Crippen LogP contribution in [0.15, 0.2) is 81.8 Å². The Balaban J connectivity index is 1.53. The fourth-order valence-corrected chi connectivity index (χ4v) is 5.07. The lowest BCUT2D eigenvalue weighted by Crippen LogP contribution is -2.22. The Morgan fingerprint density at radius 2 is 1.47 bits per heavy atom. The molecule has 0 bridgehead atoms. The van der Waals surface area contributed by atoms with Gasteiger partial charge in [0.15, 0.2) is 17.3 Å². The molecule has 0 radical (unpaired) electrons. The second-order valence-electron chi connectivity index (χ2n) is 11.0. The highest BCUT2D eigenvalue weighted by Crippen LogP contribution is 2.42. The molecule has 0 saturated heterocycles. The van der Waals surface area contributed by atoms with Crippen LogP contribution in [-0.4, -0.2) is 34.3 Å². The van der Waals surface area contributed by atoms with Crippen LogP contribution in [-0.2, 0) is 26.1 Å². The molecule has 234 valence electrons. The summed E-state index contributed by atoms with van der Waals surface area (Å²) in [5, 5.41) is 8.24. The smallest absolute Gasteiger partial charge is 0.324 e. The first-order chi connectivity index (χ1) is 21.9. The van der Waals surface area contributed by atoms with Gasteiger partial charge in [-0.1, -0.05) is 84.8 Å². The van der Waals surface area contributed by atoms with Gasteiger partial charge in [0.25, 0.3) is 5.91 Å². The van der Waals surface area contributed by atoms with Gasteiger partial charge in [-0.05, 0) is 48.9 Å². The number of carbonyl (C=O) groups excluding carboxylic acids is 1. The van der Waals surface area contributed by atoms with Crippen molar-refractivity contribution in [3.8, 4) is 22.8 Å². The minimum atomic E-state index is -0.685. The first-order valence-corrected chi connectivity index (χ1v) is 15.3. The first kappa shape index (κ1) is 31.3. The molecular weight excluding hydrogens is 570 g/mol. The molecule has 10 heteroatoms. The van der Waals surface area contributed by atoms with Crippen molar-refractivity contribution >= 4 is 11.9 Å². The van der Waals surface area contributed by atoms with Crippen LogP contribution in [0, 0.1) is 0 Å². The summed E-state index contributed by atoms with van der Waals surface area (Å²) in [6.45, 7) is 10.4. The van der Waals surface area contributed by atoms with Crippen LogP contribution >= 0.6 is 0 Å². The summed E-state index contributed by atoms with van der Waals surface area (Å²) in [6, 6.07) is 24.2. The molecule has 2 heterocycles. The number of nitrogens with two attached hydrogens (primary N) is 1. The zero-order valence-electron chi connectivity index (χ0n) is 26.2. The van der Waals surface area contributed by atoms with E-state index in [9.17, 15) is 4.79 Å². The fourth-order valence-electron chi connectivity index (χ4n) is 5.07. The number of primary amides is 1. The third-order valence-corrected chi connectivity index (χ3v) is 7.56. The molecule has 0 atom stereocenters. The third kappa shape index (κ3) is 7.52. The average Bonchev–Trinajstić information content (AvgIpc) is 3.70. The van der Waals surface area contributed by atoms with E-state index < -0.39 is 5.91 Å². The predicted molar refractivity (Wildman–Crippen MR) is 171 cm³/mol. The van der Waals surface area contributed by atoms with Gasteiger partial charge >= 0.3 is 6.01 Å². The molecule has 1 amide bonds. The summed E-state index contributed by atoms with van der Waals surface area (Å²) in [6.07, 6.45) is 0.727. The van der Waals surface area contributed by atoms with Gasteiger partial charge in [0.05, 0.1) is 5.56 Å². The zero-order chi connectivity index (χ0) is 31.8. The van der Waals surface area contributed by atoms with Gasteiger partial charge in [0, 0.05) is 31.1 Å². The number of amides is 1. The van der Waals surface area contributed by atoms with Gasteiger partial charge in [-0.15, -0.1) is 0 Å². The maximum atomic E-state index is 12.5. The summed E-state index contributed by atoms with van der Waals surface area (Å²) in [7, 11) is 0. The van der Waals surface area contributed by atoms with Gasteiger partial charge in [-0.2, -0.15) is 4.98 Å². The predicted octanol–water partition coefficient (Wildman–Crippen LogP) is 6.74. The Labute approximate surface area is 263 Å². The number of nitrogens with zero attached hydrogens (tertiary/aromatic N) is 4. The number of hydrogen-bond acceptors (Lipinski definition) is 9. The SMILES string of the molecule is CCN(CC)c1nc(CCc2c(C(N)=O)noc2-c2cc(C(C)C)c(OCc3ccccc3)cc2OCc2ccccc2)no1. The molecular formula is C35H39N5O5. The number of rotatable bonds is 15. The Kier molecular flexibility index (Phi) is 10.1. The van der Waals surface area contributed by atoms with E-state index >= 15 is 0 Å². The van der Waals surface area contributed by atoms with Crippen molar-refractivity contribution in [2.24, 2.45) is 5.73 Å². The Morgan fingerprint density at radius 1 is 0.844 bits per heavy atom. The molecule has 0 unspecified atom stereocenters. The molecule has 5 rings (SSSR count). The lowest BCUT2D eigenvalue weighted by atomic mass is 9.95. The van der Waals surface area contributed by atoms with Crippen molar-refractivity contribution in [3.63, 3.8) is 0 Å². The lowest BCUT2D eigenvalue weighted by molar-refractivity contribution is 0.0991. The summed E-state index contributed by atoms with van der Waals surface area (Å²) in [5.41, 5.74) is 10.0. The Morgan fingerprint density at radius 3 is 2.04 bits per heavy atom. The van der Waals surface area contributed by atoms with E-state index in [1.807, 2.05) is 91.5 Å². The number of carbonyl (C=O) groups is 1. The van der Waals surface area contributed by atoms with E-state index in [1.165, 1.54) is 0 Å². The topological polar surface area (TPSA) is 130 Å². The van der Waals surface area contributed by atoms with Crippen LogP contribution in [0.2, 0.25) is 0 Å². The number of aryl methyl sites for hydroxylation is 1. The van der Waals surface area contributed by atoms with Gasteiger partial charge in [-0.25, -0.2) is 0 Å². The van der Waals surface area contributed by atoms with Crippen LogP contribution in [0.4, 0.5) is 6.01 Å². The van der Waals surface area contributed by atoms with Crippen molar-refractivity contribution in [1.82, 2.24) is 15.3 Å². The van der Waals surface area contributed by atoms with Crippen molar-refractivity contribution in [2.75, 3.05) is 18.0 Å². The van der Waals surface area contributed by atoms with Crippen LogP contribution in [0.1, 0.15) is 72.2 Å². The molecule has 0 aliphatic rings. The number of hydrogen-bond donors (Lipinski definition) is 1. The first-order valence-electron chi connectivity index (χ1n) is 15.3. The van der Waals surface area contributed by atoms with Crippen molar-refractivity contribution in [2.45, 2.75) is 59.7 Å². The third-order valence-electron chi connectivity index (χ3n) is 7.56. The van der Waals surface area contributed by atoms with E-state index in [0.717, 1.165) is 29.8 Å². The van der Waals surface area contributed by atoms with Crippen molar-refractivity contribution in [3.05, 3.63) is 107 Å². The normalized spacial score (nSPS) is 11.1. The van der Waals surface area contributed by atoms with Crippen LogP contribution in [0.5, 0.6) is 11.5 Å². The maximum Gasteiger partial charge on any atom is 0.324 e. The lowest BCUT2D eigenvalue weighted by Gasteiger charge is -2.19. The average molecular weight is 610 g/mol. The summed E-state index contributed by atoms with van der Waals surface area (Å²) >= 11 is 0. The van der Waals surface area contributed by atoms with E-state index in [1.54, 1.807) is 0 Å². The standard InChI is InChI=1S/C35H39N5O5/c1-5-40(6-2)35-37-31(38-45-35)18-17-26-32(34(36)41)39-44-33(26)28-19-27(23(3)4)29(42-21-24-13-9-7-10-14-24)20-30(28)43-22-25-15-11-8-12-16-25/h7-16,19-20,23H,5-6,17-18,21-22H2,1-4H3,(H2,36,41).